The molecule has 0 bridgehead atoms. The second-order valence-electron chi connectivity index (χ2n) is 5.87. The van der Waals surface area contributed by atoms with Gasteiger partial charge in [0.2, 0.25) is 0 Å². The van der Waals surface area contributed by atoms with Gasteiger partial charge in [-0.1, -0.05) is 36.8 Å². The Bertz CT molecular complexity index is 374. The fourth-order valence-electron chi connectivity index (χ4n) is 3.30. The topological polar surface area (TPSA) is 32.3 Å². The Morgan fingerprint density at radius 2 is 1.89 bits per heavy atom. The van der Waals surface area contributed by atoms with Crippen LogP contribution in [0.3, 0.4) is 0 Å². The lowest BCUT2D eigenvalue weighted by Crippen LogP contribution is -2.37. The normalized spacial score (nSPS) is 29.4. The van der Waals surface area contributed by atoms with Crippen molar-refractivity contribution in [3.63, 3.8) is 0 Å². The molecule has 1 aromatic carbocycles. The fourth-order valence-corrected chi connectivity index (χ4v) is 3.30. The first-order valence-corrected chi connectivity index (χ1v) is 7.30. The molecule has 0 unspecified atom stereocenters. The van der Waals surface area contributed by atoms with E-state index in [1.165, 1.54) is 37.7 Å². The van der Waals surface area contributed by atoms with Crippen LogP contribution in [0.2, 0.25) is 0 Å². The maximum absolute atomic E-state index is 9.43. The molecule has 2 heteroatoms. The van der Waals surface area contributed by atoms with E-state index in [4.69, 9.17) is 0 Å². The van der Waals surface area contributed by atoms with E-state index in [9.17, 15) is 5.11 Å². The summed E-state index contributed by atoms with van der Waals surface area (Å²) in [6.07, 6.45) is 6.36. The zero-order chi connectivity index (χ0) is 12.4. The molecule has 0 aliphatic heterocycles. The van der Waals surface area contributed by atoms with Crippen LogP contribution in [-0.4, -0.2) is 17.8 Å². The summed E-state index contributed by atoms with van der Waals surface area (Å²) >= 11 is 0. The molecule has 0 saturated heterocycles. The largest absolute Gasteiger partial charge is 0.396 e. The molecule has 0 spiro atoms. The third-order valence-corrected chi connectivity index (χ3v) is 4.54. The van der Waals surface area contributed by atoms with Crippen LogP contribution in [0.25, 0.3) is 0 Å². The van der Waals surface area contributed by atoms with Crippen molar-refractivity contribution < 1.29 is 5.11 Å². The van der Waals surface area contributed by atoms with Crippen LogP contribution >= 0.6 is 0 Å². The highest BCUT2D eigenvalue weighted by atomic mass is 16.3. The molecule has 0 heterocycles. The summed E-state index contributed by atoms with van der Waals surface area (Å²) < 4.78 is 0. The smallest absolute Gasteiger partial charge is 0.0474 e. The monoisotopic (exact) mass is 245 g/mol. The molecule has 18 heavy (non-hydrogen) atoms. The van der Waals surface area contributed by atoms with Crippen molar-refractivity contribution in [2.24, 2.45) is 11.8 Å². The lowest BCUT2D eigenvalue weighted by Gasteiger charge is -2.27. The third kappa shape index (κ3) is 2.60. The number of aliphatic hydroxyl groups excluding tert-OH is 1. The van der Waals surface area contributed by atoms with Crippen molar-refractivity contribution in [1.29, 1.82) is 0 Å². The van der Waals surface area contributed by atoms with Gasteiger partial charge in [-0.05, 0) is 43.1 Å². The number of nitrogens with one attached hydrogen (secondary N) is 1. The Balaban J connectivity index is 1.71. The van der Waals surface area contributed by atoms with E-state index in [0.717, 1.165) is 5.92 Å². The Morgan fingerprint density at radius 1 is 1.11 bits per heavy atom. The molecule has 1 aromatic rings. The van der Waals surface area contributed by atoms with Crippen LogP contribution in [-0.2, 0) is 0 Å². The van der Waals surface area contributed by atoms with Crippen LogP contribution in [0, 0.1) is 11.8 Å². The van der Waals surface area contributed by atoms with Crippen molar-refractivity contribution >= 4 is 0 Å². The highest BCUT2D eigenvalue weighted by Crippen LogP contribution is 2.42. The van der Waals surface area contributed by atoms with Crippen LogP contribution in [0.4, 0.5) is 0 Å². The molecule has 98 valence electrons. The molecule has 2 aliphatic rings. The number of hydrogen-bond acceptors (Lipinski definition) is 2. The Kier molecular flexibility index (Phi) is 3.67. The minimum Gasteiger partial charge on any atom is -0.396 e. The average molecular weight is 245 g/mol. The van der Waals surface area contributed by atoms with Gasteiger partial charge in [0.25, 0.3) is 0 Å². The van der Waals surface area contributed by atoms with Gasteiger partial charge in [-0.15, -0.1) is 0 Å². The van der Waals surface area contributed by atoms with Gasteiger partial charge < -0.3 is 10.4 Å². The van der Waals surface area contributed by atoms with Crippen molar-refractivity contribution in [2.75, 3.05) is 6.61 Å². The quantitative estimate of drug-likeness (QED) is 0.836. The first kappa shape index (κ1) is 12.2. The van der Waals surface area contributed by atoms with Gasteiger partial charge in [-0.3, -0.25) is 0 Å². The molecule has 2 nitrogen and oxygen atoms in total. The van der Waals surface area contributed by atoms with E-state index in [-0.39, 0.29) is 0 Å². The molecule has 2 N–H and O–H groups in total. The zero-order valence-electron chi connectivity index (χ0n) is 10.9. The van der Waals surface area contributed by atoms with Crippen molar-refractivity contribution in [3.05, 3.63) is 35.9 Å². The van der Waals surface area contributed by atoms with E-state index in [1.807, 2.05) is 0 Å². The highest BCUT2D eigenvalue weighted by Gasteiger charge is 2.36. The fraction of sp³-hybridized carbons (Fsp3) is 0.625. The average Bonchev–Trinajstić information content (AvgIpc) is 3.16. The highest BCUT2D eigenvalue weighted by molar-refractivity contribution is 5.21. The number of rotatable bonds is 5. The van der Waals surface area contributed by atoms with Gasteiger partial charge in [-0.25, -0.2) is 0 Å². The standard InChI is InChI=1S/C16H23NO/c18-11-14-7-4-8-15(14)17-16(13-9-10-13)12-5-2-1-3-6-12/h1-3,5-6,13-18H,4,7-11H2/t14-,15+,16+/m0/s1. The molecule has 3 atom stereocenters. The van der Waals surface area contributed by atoms with E-state index in [0.29, 0.717) is 24.6 Å². The number of hydrogen-bond donors (Lipinski definition) is 2. The second kappa shape index (κ2) is 5.41. The lowest BCUT2D eigenvalue weighted by atomic mass is 9.98. The molecular formula is C16H23NO. The minimum absolute atomic E-state index is 0.337. The molecular weight excluding hydrogens is 222 g/mol. The van der Waals surface area contributed by atoms with Crippen LogP contribution in [0.5, 0.6) is 0 Å². The predicted molar refractivity (Wildman–Crippen MR) is 73.3 cm³/mol. The van der Waals surface area contributed by atoms with Crippen molar-refractivity contribution in [2.45, 2.75) is 44.2 Å². The lowest BCUT2D eigenvalue weighted by molar-refractivity contribution is 0.197. The Morgan fingerprint density at radius 3 is 2.56 bits per heavy atom. The minimum atomic E-state index is 0.337. The molecule has 0 aromatic heterocycles. The van der Waals surface area contributed by atoms with E-state index < -0.39 is 0 Å². The summed E-state index contributed by atoms with van der Waals surface area (Å²) in [6.45, 7) is 0.337. The molecule has 3 rings (SSSR count). The summed E-state index contributed by atoms with van der Waals surface area (Å²) in [5.41, 5.74) is 1.42. The third-order valence-electron chi connectivity index (χ3n) is 4.54. The first-order valence-electron chi connectivity index (χ1n) is 7.30. The molecule has 2 saturated carbocycles. The van der Waals surface area contributed by atoms with Crippen molar-refractivity contribution in [3.8, 4) is 0 Å². The van der Waals surface area contributed by atoms with Gasteiger partial charge >= 0.3 is 0 Å². The van der Waals surface area contributed by atoms with E-state index in [2.05, 4.69) is 35.6 Å². The molecule has 0 amide bonds. The maximum Gasteiger partial charge on any atom is 0.0474 e. The maximum atomic E-state index is 9.43. The Labute approximate surface area is 109 Å². The molecule has 2 fully saturated rings. The molecule has 2 aliphatic carbocycles. The summed E-state index contributed by atoms with van der Waals surface area (Å²) in [6, 6.07) is 11.8. The second-order valence-corrected chi connectivity index (χ2v) is 5.87. The van der Waals surface area contributed by atoms with E-state index >= 15 is 0 Å². The predicted octanol–water partition coefficient (Wildman–Crippen LogP) is 2.89. The number of aliphatic hydroxyl groups is 1. The summed E-state index contributed by atoms with van der Waals surface area (Å²) in [5, 5.41) is 13.3. The van der Waals surface area contributed by atoms with Gasteiger partial charge in [-0.2, -0.15) is 0 Å². The SMILES string of the molecule is OC[C@@H]1CCC[C@H]1N[C@H](c1ccccc1)C1CC1. The number of benzene rings is 1. The van der Waals surface area contributed by atoms with Crippen LogP contribution in [0.1, 0.15) is 43.7 Å². The van der Waals surface area contributed by atoms with Gasteiger partial charge in [0.15, 0.2) is 0 Å². The molecule has 0 radical (unpaired) electrons. The van der Waals surface area contributed by atoms with Crippen LogP contribution < -0.4 is 5.32 Å². The zero-order valence-corrected chi connectivity index (χ0v) is 10.9. The van der Waals surface area contributed by atoms with Crippen LogP contribution in [0.15, 0.2) is 30.3 Å². The van der Waals surface area contributed by atoms with Gasteiger partial charge in [0.1, 0.15) is 0 Å². The Hall–Kier alpha value is -0.860. The van der Waals surface area contributed by atoms with E-state index in [1.54, 1.807) is 0 Å². The first-order chi connectivity index (χ1) is 8.88. The summed E-state index contributed by atoms with van der Waals surface area (Å²) in [5.74, 6) is 1.28. The van der Waals surface area contributed by atoms with Gasteiger partial charge in [0, 0.05) is 18.7 Å². The summed E-state index contributed by atoms with van der Waals surface area (Å²) in [7, 11) is 0. The van der Waals surface area contributed by atoms with Crippen molar-refractivity contribution in [1.82, 2.24) is 5.32 Å². The van der Waals surface area contributed by atoms with Gasteiger partial charge in [0.05, 0.1) is 0 Å². The summed E-state index contributed by atoms with van der Waals surface area (Å²) in [4.78, 5) is 0.